The van der Waals surface area contributed by atoms with Gasteiger partial charge in [0.2, 0.25) is 0 Å². The van der Waals surface area contributed by atoms with E-state index in [2.05, 4.69) is 32.9 Å². The number of phenols is 1. The maximum atomic E-state index is 9.28. The molecule has 0 spiro atoms. The molecule has 90 valence electrons. The summed E-state index contributed by atoms with van der Waals surface area (Å²) in [5, 5.41) is 9.28. The molecule has 0 unspecified atom stereocenters. The van der Waals surface area contributed by atoms with Crippen molar-refractivity contribution < 1.29 is 5.11 Å². The Labute approximate surface area is 99.5 Å². The minimum atomic E-state index is 0.359. The number of unbranched alkanes of at least 4 members (excludes halogenated alkanes) is 1. The zero-order valence-corrected chi connectivity index (χ0v) is 10.7. The lowest BCUT2D eigenvalue weighted by Crippen LogP contribution is -2.09. The first-order valence-corrected chi connectivity index (χ1v) is 6.48. The van der Waals surface area contributed by atoms with Crippen molar-refractivity contribution in [2.75, 3.05) is 0 Å². The average Bonchev–Trinajstić information content (AvgIpc) is 2.30. The molecular formula is C15H24O. The standard InChI is InChI=1S/C15H24O/c1-4-6-7-13(5-2)12(3)14-8-10-15(16)11-9-14/h8-13,16H,4-7H2,1-3H3/t12-,13+/m1/s1. The zero-order chi connectivity index (χ0) is 12.0. The van der Waals surface area contributed by atoms with Gasteiger partial charge in [0.05, 0.1) is 0 Å². The van der Waals surface area contributed by atoms with Crippen LogP contribution in [0.4, 0.5) is 0 Å². The first-order chi connectivity index (χ1) is 7.69. The third-order valence-electron chi connectivity index (χ3n) is 3.58. The third kappa shape index (κ3) is 3.55. The summed E-state index contributed by atoms with van der Waals surface area (Å²) in [4.78, 5) is 0. The largest absolute Gasteiger partial charge is 0.508 e. The molecule has 1 aromatic carbocycles. The fourth-order valence-electron chi connectivity index (χ4n) is 2.32. The van der Waals surface area contributed by atoms with Crippen molar-refractivity contribution in [2.45, 2.75) is 52.4 Å². The summed E-state index contributed by atoms with van der Waals surface area (Å²) in [5.41, 5.74) is 1.35. The summed E-state index contributed by atoms with van der Waals surface area (Å²) < 4.78 is 0. The summed E-state index contributed by atoms with van der Waals surface area (Å²) in [6.07, 6.45) is 5.15. The second kappa shape index (κ2) is 6.57. The number of hydrogen-bond acceptors (Lipinski definition) is 1. The molecule has 0 saturated carbocycles. The Morgan fingerprint density at radius 1 is 1.12 bits per heavy atom. The van der Waals surface area contributed by atoms with Gasteiger partial charge in [-0.2, -0.15) is 0 Å². The average molecular weight is 220 g/mol. The molecule has 0 aliphatic heterocycles. The summed E-state index contributed by atoms with van der Waals surface area (Å²) in [6, 6.07) is 7.68. The highest BCUT2D eigenvalue weighted by atomic mass is 16.3. The molecule has 0 amide bonds. The molecule has 0 bridgehead atoms. The van der Waals surface area contributed by atoms with Gasteiger partial charge in [0, 0.05) is 0 Å². The van der Waals surface area contributed by atoms with Gasteiger partial charge in [-0.1, -0.05) is 52.2 Å². The lowest BCUT2D eigenvalue weighted by molar-refractivity contribution is 0.389. The predicted octanol–water partition coefficient (Wildman–Crippen LogP) is 4.71. The molecule has 0 fully saturated rings. The summed E-state index contributed by atoms with van der Waals surface area (Å²) >= 11 is 0. The first kappa shape index (κ1) is 13.1. The minimum Gasteiger partial charge on any atom is -0.508 e. The Balaban J connectivity index is 2.66. The highest BCUT2D eigenvalue weighted by molar-refractivity contribution is 5.28. The van der Waals surface area contributed by atoms with Crippen LogP contribution in [0.15, 0.2) is 24.3 Å². The summed E-state index contributed by atoms with van der Waals surface area (Å²) in [7, 11) is 0. The van der Waals surface area contributed by atoms with Crippen LogP contribution in [-0.4, -0.2) is 5.11 Å². The van der Waals surface area contributed by atoms with Gasteiger partial charge in [-0.25, -0.2) is 0 Å². The highest BCUT2D eigenvalue weighted by Crippen LogP contribution is 2.31. The molecule has 1 aromatic rings. The monoisotopic (exact) mass is 220 g/mol. The fourth-order valence-corrected chi connectivity index (χ4v) is 2.32. The molecule has 1 nitrogen and oxygen atoms in total. The minimum absolute atomic E-state index is 0.359. The number of rotatable bonds is 6. The van der Waals surface area contributed by atoms with Gasteiger partial charge in [-0.05, 0) is 36.0 Å². The van der Waals surface area contributed by atoms with Crippen LogP contribution in [-0.2, 0) is 0 Å². The van der Waals surface area contributed by atoms with Crippen LogP contribution in [0.5, 0.6) is 5.75 Å². The molecule has 0 radical (unpaired) electrons. The Morgan fingerprint density at radius 2 is 1.75 bits per heavy atom. The van der Waals surface area contributed by atoms with Crippen LogP contribution in [0.25, 0.3) is 0 Å². The van der Waals surface area contributed by atoms with E-state index in [1.807, 2.05) is 0 Å². The second-order valence-corrected chi connectivity index (χ2v) is 4.69. The highest BCUT2D eigenvalue weighted by Gasteiger charge is 2.16. The molecule has 0 heterocycles. The van der Waals surface area contributed by atoms with Gasteiger partial charge < -0.3 is 5.11 Å². The van der Waals surface area contributed by atoms with Crippen molar-refractivity contribution in [1.82, 2.24) is 0 Å². The van der Waals surface area contributed by atoms with E-state index in [-0.39, 0.29) is 0 Å². The summed E-state index contributed by atoms with van der Waals surface area (Å²) in [5.74, 6) is 1.72. The third-order valence-corrected chi connectivity index (χ3v) is 3.58. The van der Waals surface area contributed by atoms with Gasteiger partial charge in [-0.15, -0.1) is 0 Å². The molecule has 0 saturated heterocycles. The van der Waals surface area contributed by atoms with Gasteiger partial charge in [0.15, 0.2) is 0 Å². The molecule has 1 heteroatoms. The van der Waals surface area contributed by atoms with E-state index in [1.165, 1.54) is 31.2 Å². The topological polar surface area (TPSA) is 20.2 Å². The van der Waals surface area contributed by atoms with E-state index < -0.39 is 0 Å². The van der Waals surface area contributed by atoms with Crippen molar-refractivity contribution in [2.24, 2.45) is 5.92 Å². The van der Waals surface area contributed by atoms with E-state index in [0.717, 1.165) is 5.92 Å². The normalized spacial score (nSPS) is 14.7. The molecule has 1 N–H and O–H groups in total. The van der Waals surface area contributed by atoms with Crippen LogP contribution < -0.4 is 0 Å². The van der Waals surface area contributed by atoms with Crippen LogP contribution >= 0.6 is 0 Å². The van der Waals surface area contributed by atoms with Gasteiger partial charge in [-0.3, -0.25) is 0 Å². The van der Waals surface area contributed by atoms with Gasteiger partial charge in [0.1, 0.15) is 5.75 Å². The molecule has 1 rings (SSSR count). The van der Waals surface area contributed by atoms with E-state index in [1.54, 1.807) is 12.1 Å². The zero-order valence-electron chi connectivity index (χ0n) is 10.7. The molecule has 0 aromatic heterocycles. The molecule has 0 aliphatic rings. The van der Waals surface area contributed by atoms with Gasteiger partial charge >= 0.3 is 0 Å². The first-order valence-electron chi connectivity index (χ1n) is 6.48. The second-order valence-electron chi connectivity index (χ2n) is 4.69. The molecule has 2 atom stereocenters. The number of benzene rings is 1. The summed E-state index contributed by atoms with van der Waals surface area (Å²) in [6.45, 7) is 6.82. The Bertz CT molecular complexity index is 289. The van der Waals surface area contributed by atoms with Gasteiger partial charge in [0.25, 0.3) is 0 Å². The van der Waals surface area contributed by atoms with Crippen molar-refractivity contribution in [1.29, 1.82) is 0 Å². The Morgan fingerprint density at radius 3 is 2.25 bits per heavy atom. The predicted molar refractivity (Wildman–Crippen MR) is 69.8 cm³/mol. The van der Waals surface area contributed by atoms with E-state index >= 15 is 0 Å². The van der Waals surface area contributed by atoms with Crippen molar-refractivity contribution in [3.05, 3.63) is 29.8 Å². The van der Waals surface area contributed by atoms with Crippen LogP contribution in [0, 0.1) is 5.92 Å². The lowest BCUT2D eigenvalue weighted by Gasteiger charge is -2.23. The van der Waals surface area contributed by atoms with E-state index in [4.69, 9.17) is 0 Å². The van der Waals surface area contributed by atoms with Crippen LogP contribution in [0.2, 0.25) is 0 Å². The smallest absolute Gasteiger partial charge is 0.115 e. The van der Waals surface area contributed by atoms with Crippen LogP contribution in [0.3, 0.4) is 0 Å². The van der Waals surface area contributed by atoms with Crippen LogP contribution in [0.1, 0.15) is 57.9 Å². The number of phenolic OH excluding ortho intramolecular Hbond substituents is 1. The Kier molecular flexibility index (Phi) is 5.37. The maximum Gasteiger partial charge on any atom is 0.115 e. The van der Waals surface area contributed by atoms with E-state index in [0.29, 0.717) is 11.7 Å². The maximum absolute atomic E-state index is 9.28. The number of aromatic hydroxyl groups is 1. The fraction of sp³-hybridized carbons (Fsp3) is 0.600. The Hall–Kier alpha value is -0.980. The quantitative estimate of drug-likeness (QED) is 0.736. The molecule has 16 heavy (non-hydrogen) atoms. The lowest BCUT2D eigenvalue weighted by atomic mass is 9.82. The van der Waals surface area contributed by atoms with Crippen molar-refractivity contribution >= 4 is 0 Å². The molecular weight excluding hydrogens is 196 g/mol. The molecule has 0 aliphatic carbocycles. The SMILES string of the molecule is CCCC[C@H](CC)[C@@H](C)c1ccc(O)cc1. The van der Waals surface area contributed by atoms with Crippen molar-refractivity contribution in [3.63, 3.8) is 0 Å². The van der Waals surface area contributed by atoms with Crippen molar-refractivity contribution in [3.8, 4) is 5.75 Å². The number of hydrogen-bond donors (Lipinski definition) is 1. The van der Waals surface area contributed by atoms with E-state index in [9.17, 15) is 5.11 Å².